The lowest BCUT2D eigenvalue weighted by Crippen LogP contribution is -2.15. The van der Waals surface area contributed by atoms with E-state index in [4.69, 9.17) is 4.74 Å². The molecular weight excluding hydrogens is 226 g/mol. The number of hydrogen-bond acceptors (Lipinski definition) is 3. The van der Waals surface area contributed by atoms with Gasteiger partial charge in [0.15, 0.2) is 5.75 Å². The molecule has 1 aromatic rings. The molecule has 1 rings (SSSR count). The van der Waals surface area contributed by atoms with Gasteiger partial charge in [0, 0.05) is 6.54 Å². The Morgan fingerprint density at radius 2 is 2.06 bits per heavy atom. The summed E-state index contributed by atoms with van der Waals surface area (Å²) in [5, 5.41) is 7.64. The highest BCUT2D eigenvalue weighted by Crippen LogP contribution is 2.09. The minimum atomic E-state index is 0.797. The summed E-state index contributed by atoms with van der Waals surface area (Å²) in [6.07, 6.45) is 9.67. The highest BCUT2D eigenvalue weighted by Gasteiger charge is 1.98. The summed E-state index contributed by atoms with van der Waals surface area (Å²) in [4.78, 5) is 0. The lowest BCUT2D eigenvalue weighted by atomic mass is 10.2. The number of nitrogens with one attached hydrogen (secondary N) is 1. The maximum atomic E-state index is 5.66. The van der Waals surface area contributed by atoms with Crippen molar-refractivity contribution in [2.24, 2.45) is 0 Å². The zero-order valence-electron chi connectivity index (χ0n) is 11.8. The van der Waals surface area contributed by atoms with Crippen molar-refractivity contribution in [2.45, 2.75) is 52.5 Å². The average molecular weight is 253 g/mol. The molecule has 18 heavy (non-hydrogen) atoms. The molecule has 0 aliphatic carbocycles. The van der Waals surface area contributed by atoms with Crippen LogP contribution in [0.25, 0.3) is 0 Å². The number of aromatic nitrogens is 2. The first-order chi connectivity index (χ1) is 8.86. The Hall–Kier alpha value is -1.03. The van der Waals surface area contributed by atoms with Crippen molar-refractivity contribution in [2.75, 3.05) is 19.7 Å². The topological polar surface area (TPSA) is 39.1 Å². The van der Waals surface area contributed by atoms with Crippen LogP contribution in [0.5, 0.6) is 5.75 Å². The monoisotopic (exact) mass is 253 g/mol. The van der Waals surface area contributed by atoms with Gasteiger partial charge in [-0.25, -0.2) is 0 Å². The summed E-state index contributed by atoms with van der Waals surface area (Å²) in [5.41, 5.74) is 0. The maximum Gasteiger partial charge on any atom is 0.157 e. The predicted octanol–water partition coefficient (Wildman–Crippen LogP) is 2.84. The fourth-order valence-electron chi connectivity index (χ4n) is 1.79. The van der Waals surface area contributed by atoms with Gasteiger partial charge in [0.05, 0.1) is 19.0 Å². The minimum absolute atomic E-state index is 0.797. The molecular formula is C14H27N3O. The van der Waals surface area contributed by atoms with Crippen molar-refractivity contribution in [1.29, 1.82) is 0 Å². The van der Waals surface area contributed by atoms with E-state index in [9.17, 15) is 0 Å². The molecule has 0 aromatic carbocycles. The van der Waals surface area contributed by atoms with Crippen LogP contribution in [0.1, 0.15) is 46.0 Å². The van der Waals surface area contributed by atoms with Gasteiger partial charge < -0.3 is 10.1 Å². The Morgan fingerprint density at radius 1 is 1.17 bits per heavy atom. The SMILES string of the molecule is CCCNCCCCCOc1cnn(CCC)c1. The molecule has 0 aliphatic heterocycles. The van der Waals surface area contributed by atoms with E-state index in [0.29, 0.717) is 0 Å². The molecule has 0 atom stereocenters. The number of nitrogens with zero attached hydrogens (tertiary/aromatic N) is 2. The second-order valence-electron chi connectivity index (χ2n) is 4.60. The minimum Gasteiger partial charge on any atom is -0.490 e. The van der Waals surface area contributed by atoms with Gasteiger partial charge in [0.1, 0.15) is 0 Å². The molecule has 0 aliphatic rings. The molecule has 1 aromatic heterocycles. The van der Waals surface area contributed by atoms with E-state index in [1.807, 2.05) is 10.9 Å². The van der Waals surface area contributed by atoms with Crippen LogP contribution < -0.4 is 10.1 Å². The smallest absolute Gasteiger partial charge is 0.157 e. The van der Waals surface area contributed by atoms with Crippen LogP contribution in [-0.2, 0) is 6.54 Å². The Balaban J connectivity index is 1.96. The van der Waals surface area contributed by atoms with E-state index in [1.54, 1.807) is 6.20 Å². The average Bonchev–Trinajstić information content (AvgIpc) is 2.81. The normalized spacial score (nSPS) is 10.8. The summed E-state index contributed by atoms with van der Waals surface area (Å²) in [6, 6.07) is 0. The molecule has 0 bridgehead atoms. The van der Waals surface area contributed by atoms with Crippen LogP contribution in [-0.4, -0.2) is 29.5 Å². The number of ether oxygens (including phenoxy) is 1. The molecule has 0 amide bonds. The fraction of sp³-hybridized carbons (Fsp3) is 0.786. The van der Waals surface area contributed by atoms with Crippen molar-refractivity contribution in [3.05, 3.63) is 12.4 Å². The van der Waals surface area contributed by atoms with E-state index in [2.05, 4.69) is 24.3 Å². The van der Waals surface area contributed by atoms with Crippen molar-refractivity contribution < 1.29 is 4.74 Å². The van der Waals surface area contributed by atoms with Crippen LogP contribution in [0.2, 0.25) is 0 Å². The zero-order valence-corrected chi connectivity index (χ0v) is 11.8. The summed E-state index contributed by atoms with van der Waals surface area (Å²) in [7, 11) is 0. The molecule has 0 spiro atoms. The van der Waals surface area contributed by atoms with E-state index < -0.39 is 0 Å². The number of unbranched alkanes of at least 4 members (excludes halogenated alkanes) is 2. The van der Waals surface area contributed by atoms with Crippen molar-refractivity contribution in [3.63, 3.8) is 0 Å². The van der Waals surface area contributed by atoms with Gasteiger partial charge >= 0.3 is 0 Å². The molecule has 0 saturated carbocycles. The molecule has 1 N–H and O–H groups in total. The van der Waals surface area contributed by atoms with Gasteiger partial charge in [-0.1, -0.05) is 13.8 Å². The predicted molar refractivity (Wildman–Crippen MR) is 75.0 cm³/mol. The quantitative estimate of drug-likeness (QED) is 0.616. The molecule has 0 fully saturated rings. The van der Waals surface area contributed by atoms with E-state index in [1.165, 1.54) is 19.3 Å². The van der Waals surface area contributed by atoms with E-state index >= 15 is 0 Å². The number of aryl methyl sites for hydroxylation is 1. The highest BCUT2D eigenvalue weighted by atomic mass is 16.5. The van der Waals surface area contributed by atoms with Gasteiger partial charge in [0.25, 0.3) is 0 Å². The first-order valence-corrected chi connectivity index (χ1v) is 7.22. The molecule has 4 heteroatoms. The van der Waals surface area contributed by atoms with Gasteiger partial charge in [-0.2, -0.15) is 5.10 Å². The third kappa shape index (κ3) is 6.64. The molecule has 0 radical (unpaired) electrons. The second-order valence-corrected chi connectivity index (χ2v) is 4.60. The Kier molecular flexibility index (Phi) is 8.30. The highest BCUT2D eigenvalue weighted by molar-refractivity contribution is 5.11. The van der Waals surface area contributed by atoms with Crippen molar-refractivity contribution in [3.8, 4) is 5.75 Å². The molecule has 1 heterocycles. The first kappa shape index (κ1) is 15.0. The van der Waals surface area contributed by atoms with E-state index in [-0.39, 0.29) is 0 Å². The van der Waals surface area contributed by atoms with Crippen molar-refractivity contribution >= 4 is 0 Å². The fourth-order valence-corrected chi connectivity index (χ4v) is 1.79. The molecule has 4 nitrogen and oxygen atoms in total. The van der Waals surface area contributed by atoms with Gasteiger partial charge in [-0.15, -0.1) is 0 Å². The summed E-state index contributed by atoms with van der Waals surface area (Å²) >= 11 is 0. The van der Waals surface area contributed by atoms with Crippen LogP contribution in [0.4, 0.5) is 0 Å². The third-order valence-corrected chi connectivity index (χ3v) is 2.76. The summed E-state index contributed by atoms with van der Waals surface area (Å²) < 4.78 is 7.59. The van der Waals surface area contributed by atoms with Gasteiger partial charge in [0.2, 0.25) is 0 Å². The number of hydrogen-bond donors (Lipinski definition) is 1. The first-order valence-electron chi connectivity index (χ1n) is 7.22. The van der Waals surface area contributed by atoms with Gasteiger partial charge in [-0.3, -0.25) is 4.68 Å². The third-order valence-electron chi connectivity index (χ3n) is 2.76. The molecule has 0 unspecified atom stereocenters. The standard InChI is InChI=1S/C14H27N3O/c1-3-8-15-9-6-5-7-11-18-14-12-16-17(13-14)10-4-2/h12-13,15H,3-11H2,1-2H3. The van der Waals surface area contributed by atoms with Crippen LogP contribution in [0.3, 0.4) is 0 Å². The molecule has 104 valence electrons. The van der Waals surface area contributed by atoms with E-state index in [0.717, 1.165) is 44.8 Å². The Bertz CT molecular complexity index is 299. The zero-order chi connectivity index (χ0) is 13.1. The van der Waals surface area contributed by atoms with Crippen LogP contribution >= 0.6 is 0 Å². The second kappa shape index (κ2) is 9.95. The van der Waals surface area contributed by atoms with Crippen LogP contribution in [0.15, 0.2) is 12.4 Å². The summed E-state index contributed by atoms with van der Waals surface area (Å²) in [5.74, 6) is 0.896. The Morgan fingerprint density at radius 3 is 2.83 bits per heavy atom. The summed E-state index contributed by atoms with van der Waals surface area (Å²) in [6.45, 7) is 8.36. The van der Waals surface area contributed by atoms with Crippen molar-refractivity contribution in [1.82, 2.24) is 15.1 Å². The van der Waals surface area contributed by atoms with Crippen LogP contribution in [0, 0.1) is 0 Å². The lowest BCUT2D eigenvalue weighted by Gasteiger charge is -2.04. The molecule has 0 saturated heterocycles. The van der Waals surface area contributed by atoms with Gasteiger partial charge in [-0.05, 0) is 45.2 Å². The number of rotatable bonds is 11. The Labute approximate surface area is 111 Å². The largest absolute Gasteiger partial charge is 0.490 e. The maximum absolute atomic E-state index is 5.66. The lowest BCUT2D eigenvalue weighted by molar-refractivity contribution is 0.304.